The summed E-state index contributed by atoms with van der Waals surface area (Å²) in [6.45, 7) is 1.69. The number of unbranched alkanes of at least 4 members (excludes halogenated alkanes) is 21. The third-order valence-electron chi connectivity index (χ3n) is 7.93. The van der Waals surface area contributed by atoms with Crippen molar-refractivity contribution in [1.82, 2.24) is 0 Å². The van der Waals surface area contributed by atoms with Gasteiger partial charge in [0, 0.05) is 32.5 Å². The molecular formula is C39H72O6. The van der Waals surface area contributed by atoms with Crippen LogP contribution in [-0.2, 0) is 19.0 Å². The molecule has 0 radical (unpaired) electrons. The van der Waals surface area contributed by atoms with Crippen molar-refractivity contribution in [2.24, 2.45) is 0 Å². The molecule has 0 amide bonds. The Morgan fingerprint density at radius 2 is 1.11 bits per heavy atom. The number of esters is 1. The number of rotatable bonds is 26. The molecule has 0 bridgehead atoms. The van der Waals surface area contributed by atoms with E-state index in [9.17, 15) is 4.79 Å². The van der Waals surface area contributed by atoms with Gasteiger partial charge in [-0.3, -0.25) is 4.79 Å². The van der Waals surface area contributed by atoms with E-state index < -0.39 is 0 Å². The van der Waals surface area contributed by atoms with Gasteiger partial charge in [-0.2, -0.15) is 0 Å². The normalized spacial score (nSPS) is 13.7. The average Bonchev–Trinajstić information content (AvgIpc) is 3.05. The quantitative estimate of drug-likeness (QED) is 0.0559. The van der Waals surface area contributed by atoms with Crippen LogP contribution in [-0.4, -0.2) is 56.0 Å². The first-order valence-corrected chi connectivity index (χ1v) is 18.2. The second-order valence-corrected chi connectivity index (χ2v) is 11.9. The Morgan fingerprint density at radius 3 is 1.56 bits per heavy atom. The van der Waals surface area contributed by atoms with Gasteiger partial charge in [0.05, 0.1) is 7.11 Å². The fourth-order valence-corrected chi connectivity index (χ4v) is 5.18. The van der Waals surface area contributed by atoms with Crippen LogP contribution in [0.5, 0.6) is 0 Å². The van der Waals surface area contributed by atoms with Crippen LogP contribution in [0.2, 0.25) is 0 Å². The van der Waals surface area contributed by atoms with Gasteiger partial charge in [0.15, 0.2) is 6.29 Å². The van der Waals surface area contributed by atoms with E-state index in [0.717, 1.165) is 58.0 Å². The van der Waals surface area contributed by atoms with E-state index in [1.54, 1.807) is 0 Å². The lowest BCUT2D eigenvalue weighted by Crippen LogP contribution is -2.22. The highest BCUT2D eigenvalue weighted by Gasteiger charge is 2.12. The van der Waals surface area contributed by atoms with Crippen LogP contribution in [0.4, 0.5) is 0 Å². The summed E-state index contributed by atoms with van der Waals surface area (Å²) < 4.78 is 15.7. The predicted octanol–water partition coefficient (Wildman–Crippen LogP) is 9.68. The molecule has 0 aromatic heterocycles. The molecule has 1 aliphatic heterocycles. The van der Waals surface area contributed by atoms with Crippen LogP contribution in [0.3, 0.4) is 0 Å². The van der Waals surface area contributed by atoms with Gasteiger partial charge >= 0.3 is 5.97 Å². The molecule has 1 saturated heterocycles. The molecule has 0 spiro atoms. The van der Waals surface area contributed by atoms with Crippen LogP contribution < -0.4 is 0 Å². The van der Waals surface area contributed by atoms with Crippen LogP contribution in [0, 0.1) is 23.7 Å². The number of methoxy groups -OCH3 is 1. The summed E-state index contributed by atoms with van der Waals surface area (Å²) in [6, 6.07) is 0. The molecule has 6 heteroatoms. The van der Waals surface area contributed by atoms with Crippen molar-refractivity contribution in [2.45, 2.75) is 187 Å². The minimum Gasteiger partial charge on any atom is -0.469 e. The molecule has 0 saturated carbocycles. The Balaban J connectivity index is 0. The molecule has 1 fully saturated rings. The number of aliphatic hydroxyl groups is 2. The number of aliphatic hydroxyl groups excluding tert-OH is 2. The fourth-order valence-electron chi connectivity index (χ4n) is 5.18. The summed E-state index contributed by atoms with van der Waals surface area (Å²) in [5.41, 5.74) is 0. The maximum absolute atomic E-state index is 10.9. The van der Waals surface area contributed by atoms with E-state index in [1.165, 1.54) is 123 Å². The van der Waals surface area contributed by atoms with E-state index >= 15 is 0 Å². The van der Waals surface area contributed by atoms with Crippen molar-refractivity contribution in [2.75, 3.05) is 33.5 Å². The van der Waals surface area contributed by atoms with Crippen molar-refractivity contribution < 1.29 is 29.2 Å². The highest BCUT2D eigenvalue weighted by molar-refractivity contribution is 5.68. The average molecular weight is 637 g/mol. The highest BCUT2D eigenvalue weighted by atomic mass is 16.7. The summed E-state index contributed by atoms with van der Waals surface area (Å²) in [7, 11) is 1.45. The van der Waals surface area contributed by atoms with Crippen LogP contribution in [0.25, 0.3) is 0 Å². The molecular weight excluding hydrogens is 564 g/mol. The lowest BCUT2D eigenvalue weighted by atomic mass is 10.1. The van der Waals surface area contributed by atoms with Gasteiger partial charge in [-0.15, -0.1) is 11.8 Å². The van der Waals surface area contributed by atoms with Crippen LogP contribution in [0.1, 0.15) is 181 Å². The summed E-state index contributed by atoms with van der Waals surface area (Å²) >= 11 is 0. The monoisotopic (exact) mass is 637 g/mol. The predicted molar refractivity (Wildman–Crippen MR) is 189 cm³/mol. The first kappa shape index (κ1) is 45.6. The third-order valence-corrected chi connectivity index (χ3v) is 7.93. The van der Waals surface area contributed by atoms with Gasteiger partial charge in [-0.1, -0.05) is 128 Å². The number of carbonyl (C=O) groups excluding carboxylic acids is 1. The molecule has 6 nitrogen and oxygen atoms in total. The maximum atomic E-state index is 10.9. The van der Waals surface area contributed by atoms with Gasteiger partial charge in [-0.05, 0) is 44.9 Å². The zero-order valence-electron chi connectivity index (χ0n) is 28.5. The molecule has 45 heavy (non-hydrogen) atoms. The first-order chi connectivity index (χ1) is 21.7. The number of hydrogen-bond acceptors (Lipinski definition) is 6. The van der Waals surface area contributed by atoms with Crippen molar-refractivity contribution in [3.8, 4) is 23.7 Å². The zero-order chi connectivity index (χ0) is 32.0. The first-order valence-electron chi connectivity index (χ1n) is 18.2. The summed E-state index contributed by atoms with van der Waals surface area (Å²) in [6.07, 6.45) is 32.2. The van der Waals surface area contributed by atoms with E-state index in [2.05, 4.69) is 28.4 Å². The summed E-state index contributed by atoms with van der Waals surface area (Å²) in [4.78, 5) is 10.9. The maximum Gasteiger partial charge on any atom is 0.305 e. The molecule has 0 aliphatic carbocycles. The number of ether oxygens (including phenoxy) is 3. The second kappa shape index (κ2) is 40.5. The van der Waals surface area contributed by atoms with Gasteiger partial charge in [-0.25, -0.2) is 0 Å². The third kappa shape index (κ3) is 38.5. The molecule has 1 heterocycles. The van der Waals surface area contributed by atoms with E-state index in [1.807, 2.05) is 0 Å². The molecule has 264 valence electrons. The van der Waals surface area contributed by atoms with Crippen molar-refractivity contribution in [3.63, 3.8) is 0 Å². The smallest absolute Gasteiger partial charge is 0.305 e. The Morgan fingerprint density at radius 1 is 0.644 bits per heavy atom. The molecule has 1 unspecified atom stereocenters. The van der Waals surface area contributed by atoms with Crippen LogP contribution >= 0.6 is 0 Å². The molecule has 0 aromatic carbocycles. The highest BCUT2D eigenvalue weighted by Crippen LogP contribution is 2.14. The number of hydrogen-bond donors (Lipinski definition) is 2. The molecule has 1 aliphatic rings. The number of carbonyl (C=O) groups is 1. The van der Waals surface area contributed by atoms with E-state index in [0.29, 0.717) is 19.6 Å². The van der Waals surface area contributed by atoms with E-state index in [-0.39, 0.29) is 26.3 Å². The standard InChI is InChI=1S/C21H38O3.C17H30O3.CH4/c22-18-14-11-9-7-5-3-1-2-4-6-8-10-12-15-19-23-21-17-13-16-20-24-21;1-20-17(19)15-13-11-9-7-5-3-2-4-6-8-10-12-14-16-18;/h21-22H,1-11,13-14,16-20H2;18H,2-11,13,15-16H2,1H3;1H4. The van der Waals surface area contributed by atoms with Crippen molar-refractivity contribution in [3.05, 3.63) is 0 Å². The summed E-state index contributed by atoms with van der Waals surface area (Å²) in [5.74, 6) is 11.8. The zero-order valence-corrected chi connectivity index (χ0v) is 28.5. The lowest BCUT2D eigenvalue weighted by molar-refractivity contribution is -0.154. The second-order valence-electron chi connectivity index (χ2n) is 11.9. The van der Waals surface area contributed by atoms with Gasteiger partial charge < -0.3 is 24.4 Å². The van der Waals surface area contributed by atoms with Crippen molar-refractivity contribution in [1.29, 1.82) is 0 Å². The summed E-state index contributed by atoms with van der Waals surface area (Å²) in [5, 5.41) is 17.2. The lowest BCUT2D eigenvalue weighted by Gasteiger charge is -2.21. The minimum absolute atomic E-state index is 0. The molecule has 2 N–H and O–H groups in total. The molecule has 0 aromatic rings. The van der Waals surface area contributed by atoms with Gasteiger partial charge in [0.2, 0.25) is 0 Å². The Kier molecular flexibility index (Phi) is 40.9. The Hall–Kier alpha value is -1.57. The molecule has 1 rings (SSSR count). The Labute approximate surface area is 279 Å². The topological polar surface area (TPSA) is 85.2 Å². The minimum atomic E-state index is -0.0892. The fraction of sp³-hybridized carbons (Fsp3) is 0.872. The van der Waals surface area contributed by atoms with Gasteiger partial charge in [0.25, 0.3) is 0 Å². The van der Waals surface area contributed by atoms with Gasteiger partial charge in [0.1, 0.15) is 13.2 Å². The largest absolute Gasteiger partial charge is 0.469 e. The SMILES string of the molecule is C.COC(=O)CCCCCCCCCCCCC#CCO.OCCCCCCCCCCCCCC#CCOC1CCCCO1. The Bertz CT molecular complexity index is 711. The molecule has 1 atom stereocenters. The van der Waals surface area contributed by atoms with Crippen molar-refractivity contribution >= 4 is 5.97 Å². The van der Waals surface area contributed by atoms with E-state index in [4.69, 9.17) is 19.7 Å². The van der Waals surface area contributed by atoms with Crippen LogP contribution in [0.15, 0.2) is 0 Å².